The van der Waals surface area contributed by atoms with Crippen LogP contribution in [0.15, 0.2) is 12.4 Å². The van der Waals surface area contributed by atoms with E-state index in [2.05, 4.69) is 10.2 Å². The summed E-state index contributed by atoms with van der Waals surface area (Å²) in [6.07, 6.45) is 10.2. The molecule has 0 saturated heterocycles. The van der Waals surface area contributed by atoms with E-state index in [9.17, 15) is 0 Å². The normalized spacial score (nSPS) is 17.1. The molecule has 1 aromatic heterocycles. The van der Waals surface area contributed by atoms with Gasteiger partial charge in [-0.1, -0.05) is 6.42 Å². The highest BCUT2D eigenvalue weighted by molar-refractivity contribution is 5.21. The smallest absolute Gasteiger partial charge is 0.0530 e. The second kappa shape index (κ2) is 2.99. The first-order valence-corrected chi connectivity index (χ1v) is 4.25. The number of rotatable bonds is 0. The molecule has 58 valence electrons. The van der Waals surface area contributed by atoms with Crippen LogP contribution in [0.1, 0.15) is 30.4 Å². The van der Waals surface area contributed by atoms with Gasteiger partial charge in [0.2, 0.25) is 0 Å². The lowest BCUT2D eigenvalue weighted by atomic mass is 10.1. The van der Waals surface area contributed by atoms with Gasteiger partial charge >= 0.3 is 0 Å². The summed E-state index contributed by atoms with van der Waals surface area (Å²) in [5, 5.41) is 7.78. The standard InChI is InChI=1S/C9H12N2/c1-2-4-8-6-10-11-7-9(8)5-3-1/h6-7H,1-5H2. The lowest BCUT2D eigenvalue weighted by molar-refractivity contribution is 0.711. The zero-order valence-corrected chi connectivity index (χ0v) is 6.58. The highest BCUT2D eigenvalue weighted by Crippen LogP contribution is 2.17. The molecule has 1 aliphatic rings. The summed E-state index contributed by atoms with van der Waals surface area (Å²) < 4.78 is 0. The topological polar surface area (TPSA) is 25.8 Å². The summed E-state index contributed by atoms with van der Waals surface area (Å²) in [4.78, 5) is 0. The largest absolute Gasteiger partial charge is 0.159 e. The zero-order chi connectivity index (χ0) is 7.52. The molecule has 11 heavy (non-hydrogen) atoms. The van der Waals surface area contributed by atoms with E-state index in [1.54, 1.807) is 0 Å². The van der Waals surface area contributed by atoms with Crippen molar-refractivity contribution in [1.29, 1.82) is 0 Å². The lowest BCUT2D eigenvalue weighted by Crippen LogP contribution is -1.93. The molecular weight excluding hydrogens is 136 g/mol. The molecule has 1 heterocycles. The van der Waals surface area contributed by atoms with Crippen LogP contribution in [0.3, 0.4) is 0 Å². The SMILES string of the molecule is c1nncc2c1CCCCC2. The summed E-state index contributed by atoms with van der Waals surface area (Å²) in [7, 11) is 0. The monoisotopic (exact) mass is 148 g/mol. The van der Waals surface area contributed by atoms with Gasteiger partial charge in [-0.2, -0.15) is 10.2 Å². The molecule has 0 fully saturated rings. The Hall–Kier alpha value is -0.920. The van der Waals surface area contributed by atoms with Gasteiger partial charge < -0.3 is 0 Å². The van der Waals surface area contributed by atoms with E-state index in [1.807, 2.05) is 12.4 Å². The van der Waals surface area contributed by atoms with Crippen LogP contribution in [-0.4, -0.2) is 10.2 Å². The van der Waals surface area contributed by atoms with E-state index in [4.69, 9.17) is 0 Å². The molecule has 0 N–H and O–H groups in total. The van der Waals surface area contributed by atoms with Crippen LogP contribution in [-0.2, 0) is 12.8 Å². The van der Waals surface area contributed by atoms with Crippen molar-refractivity contribution in [3.05, 3.63) is 23.5 Å². The minimum absolute atomic E-state index is 1.20. The van der Waals surface area contributed by atoms with E-state index >= 15 is 0 Å². The van der Waals surface area contributed by atoms with Crippen LogP contribution >= 0.6 is 0 Å². The van der Waals surface area contributed by atoms with Gasteiger partial charge in [-0.3, -0.25) is 0 Å². The number of fused-ring (bicyclic) bond motifs is 1. The van der Waals surface area contributed by atoms with Crippen molar-refractivity contribution in [1.82, 2.24) is 10.2 Å². The lowest BCUT2D eigenvalue weighted by Gasteiger charge is -2.00. The molecule has 2 rings (SSSR count). The fraction of sp³-hybridized carbons (Fsp3) is 0.556. The second-order valence-electron chi connectivity index (χ2n) is 3.10. The molecule has 0 amide bonds. The third kappa shape index (κ3) is 1.39. The molecule has 0 unspecified atom stereocenters. The number of aromatic nitrogens is 2. The summed E-state index contributed by atoms with van der Waals surface area (Å²) in [5.74, 6) is 0. The Bertz CT molecular complexity index is 220. The van der Waals surface area contributed by atoms with Crippen LogP contribution in [0, 0.1) is 0 Å². The molecule has 1 aromatic rings. The molecule has 0 aromatic carbocycles. The van der Waals surface area contributed by atoms with E-state index in [1.165, 1.54) is 43.2 Å². The van der Waals surface area contributed by atoms with Gasteiger partial charge in [0.25, 0.3) is 0 Å². The average Bonchev–Trinajstić information content (AvgIpc) is 2.28. The van der Waals surface area contributed by atoms with Crippen LogP contribution < -0.4 is 0 Å². The summed E-state index contributed by atoms with van der Waals surface area (Å²) >= 11 is 0. The minimum Gasteiger partial charge on any atom is -0.159 e. The highest BCUT2D eigenvalue weighted by Gasteiger charge is 2.06. The molecule has 0 spiro atoms. The van der Waals surface area contributed by atoms with Crippen LogP contribution in [0.25, 0.3) is 0 Å². The molecule has 0 aliphatic heterocycles. The Labute approximate surface area is 66.7 Å². The van der Waals surface area contributed by atoms with Gasteiger partial charge in [-0.15, -0.1) is 0 Å². The molecule has 0 saturated carbocycles. The number of nitrogens with zero attached hydrogens (tertiary/aromatic N) is 2. The Morgan fingerprint density at radius 1 is 0.818 bits per heavy atom. The first kappa shape index (κ1) is 6.77. The van der Waals surface area contributed by atoms with Crippen molar-refractivity contribution in [2.24, 2.45) is 0 Å². The van der Waals surface area contributed by atoms with Gasteiger partial charge in [-0.05, 0) is 36.8 Å². The van der Waals surface area contributed by atoms with Crippen molar-refractivity contribution < 1.29 is 0 Å². The number of hydrogen-bond acceptors (Lipinski definition) is 2. The summed E-state index contributed by atoms with van der Waals surface area (Å²) in [5.41, 5.74) is 2.83. The maximum absolute atomic E-state index is 3.89. The fourth-order valence-electron chi connectivity index (χ4n) is 1.63. The van der Waals surface area contributed by atoms with E-state index in [-0.39, 0.29) is 0 Å². The van der Waals surface area contributed by atoms with Crippen molar-refractivity contribution in [3.8, 4) is 0 Å². The molecular formula is C9H12N2. The molecule has 0 radical (unpaired) electrons. The molecule has 0 bridgehead atoms. The first-order valence-electron chi connectivity index (χ1n) is 4.25. The van der Waals surface area contributed by atoms with Crippen molar-refractivity contribution >= 4 is 0 Å². The Morgan fingerprint density at radius 2 is 1.36 bits per heavy atom. The first-order chi connectivity index (χ1) is 5.47. The molecule has 2 heteroatoms. The van der Waals surface area contributed by atoms with E-state index in [0.717, 1.165) is 0 Å². The van der Waals surface area contributed by atoms with E-state index < -0.39 is 0 Å². The molecule has 0 atom stereocenters. The van der Waals surface area contributed by atoms with Gasteiger partial charge in [0.05, 0.1) is 12.4 Å². The summed E-state index contributed by atoms with van der Waals surface area (Å²) in [6.45, 7) is 0. The van der Waals surface area contributed by atoms with Gasteiger partial charge in [0, 0.05) is 0 Å². The average molecular weight is 148 g/mol. The number of hydrogen-bond donors (Lipinski definition) is 0. The van der Waals surface area contributed by atoms with Gasteiger partial charge in [-0.25, -0.2) is 0 Å². The van der Waals surface area contributed by atoms with Crippen LogP contribution in [0.4, 0.5) is 0 Å². The Morgan fingerprint density at radius 3 is 1.91 bits per heavy atom. The summed E-state index contributed by atoms with van der Waals surface area (Å²) in [6, 6.07) is 0. The second-order valence-corrected chi connectivity index (χ2v) is 3.10. The van der Waals surface area contributed by atoms with Crippen molar-refractivity contribution in [3.63, 3.8) is 0 Å². The van der Waals surface area contributed by atoms with Crippen molar-refractivity contribution in [2.45, 2.75) is 32.1 Å². The Kier molecular flexibility index (Phi) is 1.84. The zero-order valence-electron chi connectivity index (χ0n) is 6.58. The minimum atomic E-state index is 1.20. The quantitative estimate of drug-likeness (QED) is 0.524. The van der Waals surface area contributed by atoms with Gasteiger partial charge in [0.15, 0.2) is 0 Å². The third-order valence-corrected chi connectivity index (χ3v) is 2.30. The predicted octanol–water partition coefficient (Wildman–Crippen LogP) is 1.75. The maximum Gasteiger partial charge on any atom is 0.0530 e. The predicted molar refractivity (Wildman–Crippen MR) is 43.3 cm³/mol. The highest BCUT2D eigenvalue weighted by atomic mass is 15.1. The number of aryl methyl sites for hydroxylation is 2. The maximum atomic E-state index is 3.89. The van der Waals surface area contributed by atoms with Crippen LogP contribution in [0.2, 0.25) is 0 Å². The fourth-order valence-corrected chi connectivity index (χ4v) is 1.63. The third-order valence-electron chi connectivity index (χ3n) is 2.30. The van der Waals surface area contributed by atoms with E-state index in [0.29, 0.717) is 0 Å². The molecule has 2 nitrogen and oxygen atoms in total. The Balaban J connectivity index is 2.33. The van der Waals surface area contributed by atoms with Gasteiger partial charge in [0.1, 0.15) is 0 Å². The molecule has 1 aliphatic carbocycles. The van der Waals surface area contributed by atoms with Crippen molar-refractivity contribution in [2.75, 3.05) is 0 Å². The van der Waals surface area contributed by atoms with Crippen LogP contribution in [0.5, 0.6) is 0 Å².